The number of rotatable bonds is 10. The van der Waals surface area contributed by atoms with Gasteiger partial charge in [0.15, 0.2) is 0 Å². The predicted octanol–water partition coefficient (Wildman–Crippen LogP) is 4.14. The first-order valence-electron chi connectivity index (χ1n) is 15.6. The summed E-state index contributed by atoms with van der Waals surface area (Å²) in [5.41, 5.74) is 2.20. The summed E-state index contributed by atoms with van der Waals surface area (Å²) in [5.74, 6) is 0.861. The van der Waals surface area contributed by atoms with E-state index in [1.165, 1.54) is 56.3 Å². The summed E-state index contributed by atoms with van der Waals surface area (Å²) in [5, 5.41) is 15.4. The van der Waals surface area contributed by atoms with Gasteiger partial charge in [0.2, 0.25) is 0 Å². The molecule has 1 aromatic rings. The molecular weight excluding hydrogens is 526 g/mol. The van der Waals surface area contributed by atoms with Crippen LogP contribution in [0.4, 0.5) is 4.79 Å². The summed E-state index contributed by atoms with van der Waals surface area (Å²) in [6.45, 7) is 7.32. The van der Waals surface area contributed by atoms with Crippen LogP contribution in [0, 0.1) is 0 Å². The van der Waals surface area contributed by atoms with Gasteiger partial charge in [0.05, 0.1) is 24.6 Å². The monoisotopic (exact) mass is 577 g/mol. The number of hydrogen-bond acceptors (Lipinski definition) is 10. The van der Waals surface area contributed by atoms with E-state index in [4.69, 9.17) is 19.2 Å². The molecule has 1 aliphatic heterocycles. The standard InChI is InChI=1S/C30H51N5O4S/c1-2-14-37-16-17-39-30(36)38-15-7-18-40-25-19-23-21-33-28-10-5-3-8-26(28)31-12-13-32-27-9-4-6-11-29(27)34-22-24(20-25)35-23/h19-20,26-29,31-34H,2-18,21-22H2,1H3/t26-,27-,28-,29-/m1/s1. The van der Waals surface area contributed by atoms with Crippen LogP contribution >= 0.6 is 11.8 Å². The van der Waals surface area contributed by atoms with Crippen molar-refractivity contribution < 1.29 is 19.0 Å². The Labute approximate surface area is 245 Å². The van der Waals surface area contributed by atoms with E-state index in [0.29, 0.717) is 44.0 Å². The SMILES string of the molecule is CCCOCCOC(=O)OCCCSc1cc2nc(c1)CN[C@@H]1CCCC[C@H]1NCCN[C@@H]1CCCC[C@H]1NC2. The van der Waals surface area contributed by atoms with Gasteiger partial charge in [0.25, 0.3) is 0 Å². The van der Waals surface area contributed by atoms with Gasteiger partial charge in [-0.25, -0.2) is 4.79 Å². The lowest BCUT2D eigenvalue weighted by atomic mass is 9.89. The highest BCUT2D eigenvalue weighted by Crippen LogP contribution is 2.24. The number of fused-ring (bicyclic) bond motifs is 4. The molecule has 0 saturated heterocycles. The number of carbonyl (C=O) groups excluding carboxylic acids is 1. The van der Waals surface area contributed by atoms with Gasteiger partial charge in [-0.15, -0.1) is 11.8 Å². The molecule has 10 heteroatoms. The topological polar surface area (TPSA) is 106 Å². The van der Waals surface area contributed by atoms with Gasteiger partial charge in [-0.1, -0.05) is 32.6 Å². The molecule has 226 valence electrons. The van der Waals surface area contributed by atoms with E-state index in [1.807, 2.05) is 6.92 Å². The van der Waals surface area contributed by atoms with E-state index in [9.17, 15) is 4.79 Å². The van der Waals surface area contributed by atoms with Crippen molar-refractivity contribution >= 4 is 17.9 Å². The smallest absolute Gasteiger partial charge is 0.434 e. The van der Waals surface area contributed by atoms with Gasteiger partial charge < -0.3 is 35.5 Å². The number of carbonyl (C=O) groups is 1. The molecule has 2 aliphatic carbocycles. The van der Waals surface area contributed by atoms with Crippen LogP contribution < -0.4 is 21.3 Å². The van der Waals surface area contributed by atoms with Crippen LogP contribution in [0.2, 0.25) is 0 Å². The molecule has 0 unspecified atom stereocenters. The number of pyridine rings is 1. The third-order valence-corrected chi connectivity index (χ3v) is 9.10. The third kappa shape index (κ3) is 11.1. The fraction of sp³-hybridized carbons (Fsp3) is 0.800. The molecular formula is C30H51N5O4S. The molecule has 40 heavy (non-hydrogen) atoms. The zero-order chi connectivity index (χ0) is 27.8. The maximum absolute atomic E-state index is 11.8. The molecule has 4 atom stereocenters. The minimum absolute atomic E-state index is 0.230. The maximum atomic E-state index is 11.8. The van der Waals surface area contributed by atoms with E-state index in [0.717, 1.165) is 56.2 Å². The number of nitrogens with zero attached hydrogens (tertiary/aromatic N) is 1. The van der Waals surface area contributed by atoms with Crippen molar-refractivity contribution in [1.82, 2.24) is 26.3 Å². The second kappa shape index (κ2) is 18.2. The number of thioether (sulfide) groups is 1. The van der Waals surface area contributed by atoms with E-state index in [-0.39, 0.29) is 6.61 Å². The molecule has 2 fully saturated rings. The predicted molar refractivity (Wildman–Crippen MR) is 160 cm³/mol. The van der Waals surface area contributed by atoms with Crippen LogP contribution in [0.1, 0.15) is 82.5 Å². The normalized spacial score (nSPS) is 26.0. The average Bonchev–Trinajstić information content (AvgIpc) is 2.98. The highest BCUT2D eigenvalue weighted by Gasteiger charge is 2.27. The van der Waals surface area contributed by atoms with Crippen LogP contribution in [0.5, 0.6) is 0 Å². The molecule has 3 aliphatic rings. The summed E-state index contributed by atoms with van der Waals surface area (Å²) in [6.07, 6.45) is 11.2. The Kier molecular flexibility index (Phi) is 14.3. The van der Waals surface area contributed by atoms with Gasteiger partial charge in [-0.2, -0.15) is 0 Å². The van der Waals surface area contributed by atoms with Crippen molar-refractivity contribution in [1.29, 1.82) is 0 Å². The fourth-order valence-electron chi connectivity index (χ4n) is 5.99. The zero-order valence-corrected chi connectivity index (χ0v) is 25.2. The lowest BCUT2D eigenvalue weighted by Crippen LogP contribution is -2.53. The lowest BCUT2D eigenvalue weighted by Gasteiger charge is -2.34. The molecule has 0 radical (unpaired) electrons. The summed E-state index contributed by atoms with van der Waals surface area (Å²) < 4.78 is 15.6. The van der Waals surface area contributed by atoms with Gasteiger partial charge in [0.1, 0.15) is 6.61 Å². The summed E-state index contributed by atoms with van der Waals surface area (Å²) in [4.78, 5) is 18.0. The van der Waals surface area contributed by atoms with Crippen LogP contribution in [0.15, 0.2) is 17.0 Å². The molecule has 0 aromatic carbocycles. The van der Waals surface area contributed by atoms with Crippen molar-refractivity contribution in [3.05, 3.63) is 23.5 Å². The van der Waals surface area contributed by atoms with E-state index >= 15 is 0 Å². The van der Waals surface area contributed by atoms with Crippen LogP contribution in [0.3, 0.4) is 0 Å². The Bertz CT molecular complexity index is 830. The second-order valence-electron chi connectivity index (χ2n) is 11.2. The quantitative estimate of drug-likeness (QED) is 0.184. The van der Waals surface area contributed by atoms with Crippen molar-refractivity contribution in [3.63, 3.8) is 0 Å². The molecule has 1 aromatic heterocycles. The average molecular weight is 578 g/mol. The Morgan fingerprint density at radius 1 is 0.800 bits per heavy atom. The van der Waals surface area contributed by atoms with Crippen molar-refractivity contribution in [3.8, 4) is 0 Å². The Hall–Kier alpha value is -1.43. The molecule has 2 bridgehead atoms. The first-order valence-corrected chi connectivity index (χ1v) is 16.6. The van der Waals surface area contributed by atoms with Gasteiger partial charge in [-0.05, 0) is 50.7 Å². The highest BCUT2D eigenvalue weighted by molar-refractivity contribution is 7.99. The van der Waals surface area contributed by atoms with Crippen molar-refractivity contribution in [2.24, 2.45) is 0 Å². The number of hydrogen-bond donors (Lipinski definition) is 4. The van der Waals surface area contributed by atoms with Crippen molar-refractivity contribution in [2.75, 3.05) is 45.3 Å². The van der Waals surface area contributed by atoms with Gasteiger partial charge in [-0.3, -0.25) is 4.98 Å². The number of ether oxygens (including phenoxy) is 3. The maximum Gasteiger partial charge on any atom is 0.508 e. The summed E-state index contributed by atoms with van der Waals surface area (Å²) in [6, 6.07) is 6.45. The number of aromatic nitrogens is 1. The van der Waals surface area contributed by atoms with Crippen LogP contribution in [-0.4, -0.2) is 80.6 Å². The Morgan fingerprint density at radius 2 is 1.35 bits per heavy atom. The molecule has 0 amide bonds. The minimum Gasteiger partial charge on any atom is -0.434 e. The minimum atomic E-state index is -0.620. The molecule has 9 nitrogen and oxygen atoms in total. The summed E-state index contributed by atoms with van der Waals surface area (Å²) in [7, 11) is 0. The first-order chi connectivity index (χ1) is 19.7. The zero-order valence-electron chi connectivity index (χ0n) is 24.4. The molecule has 2 heterocycles. The van der Waals surface area contributed by atoms with Crippen LogP contribution in [0.25, 0.3) is 0 Å². The first kappa shape index (κ1) is 31.5. The fourth-order valence-corrected chi connectivity index (χ4v) is 6.92. The second-order valence-corrected chi connectivity index (χ2v) is 12.4. The molecule has 4 N–H and O–H groups in total. The summed E-state index contributed by atoms with van der Waals surface area (Å²) >= 11 is 1.80. The number of nitrogens with one attached hydrogen (secondary N) is 4. The third-order valence-electron chi connectivity index (χ3n) is 8.04. The van der Waals surface area contributed by atoms with Crippen molar-refractivity contribution in [2.45, 2.75) is 113 Å². The van der Waals surface area contributed by atoms with E-state index in [1.54, 1.807) is 11.8 Å². The van der Waals surface area contributed by atoms with E-state index in [2.05, 4.69) is 33.4 Å². The Morgan fingerprint density at radius 3 is 1.93 bits per heavy atom. The lowest BCUT2D eigenvalue weighted by molar-refractivity contribution is 0.0274. The molecule has 4 rings (SSSR count). The molecule has 0 spiro atoms. The van der Waals surface area contributed by atoms with Crippen LogP contribution in [-0.2, 0) is 27.3 Å². The van der Waals surface area contributed by atoms with E-state index < -0.39 is 6.16 Å². The highest BCUT2D eigenvalue weighted by atomic mass is 32.2. The molecule has 2 saturated carbocycles. The van der Waals surface area contributed by atoms with Gasteiger partial charge in [0, 0.05) is 67.6 Å². The van der Waals surface area contributed by atoms with Gasteiger partial charge >= 0.3 is 6.16 Å². The Balaban J connectivity index is 1.31. The largest absolute Gasteiger partial charge is 0.508 e.